The Morgan fingerprint density at radius 2 is 1.88 bits per heavy atom. The van der Waals surface area contributed by atoms with E-state index in [0.717, 1.165) is 17.7 Å². The Hall–Kier alpha value is -3.34. The third-order valence-electron chi connectivity index (χ3n) is 5.00. The van der Waals surface area contributed by atoms with Gasteiger partial charge in [-0.15, -0.1) is 0 Å². The fourth-order valence-corrected chi connectivity index (χ4v) is 4.83. The SMILES string of the molecule is CC(O)CS(=O)(=O)Nc1ccc(F)c(C(=O)c2c[nH]c3ncc(-c4ccc(Cl)cc4)cc23)c1F. The first-order valence-corrected chi connectivity index (χ1v) is 12.0. The van der Waals surface area contributed by atoms with Crippen molar-refractivity contribution >= 4 is 44.1 Å². The van der Waals surface area contributed by atoms with Gasteiger partial charge >= 0.3 is 0 Å². The number of aliphatic hydroxyl groups excluding tert-OH is 1. The molecule has 11 heteroatoms. The molecule has 4 rings (SSSR count). The van der Waals surface area contributed by atoms with Crippen molar-refractivity contribution in [2.75, 3.05) is 10.5 Å². The highest BCUT2D eigenvalue weighted by atomic mass is 35.5. The van der Waals surface area contributed by atoms with Gasteiger partial charge in [0.05, 0.1) is 23.1 Å². The fourth-order valence-electron chi connectivity index (χ4n) is 3.49. The summed E-state index contributed by atoms with van der Waals surface area (Å²) in [5.41, 5.74) is 0.180. The van der Waals surface area contributed by atoms with E-state index in [9.17, 15) is 22.7 Å². The van der Waals surface area contributed by atoms with Crippen molar-refractivity contribution < 1.29 is 27.1 Å². The lowest BCUT2D eigenvalue weighted by Crippen LogP contribution is -2.25. The number of hydrogen-bond acceptors (Lipinski definition) is 5. The van der Waals surface area contributed by atoms with Crippen LogP contribution in [0.5, 0.6) is 0 Å². The first-order chi connectivity index (χ1) is 16.1. The number of benzene rings is 2. The summed E-state index contributed by atoms with van der Waals surface area (Å²) in [5.74, 6) is -4.21. The van der Waals surface area contributed by atoms with E-state index in [-0.39, 0.29) is 5.56 Å². The summed E-state index contributed by atoms with van der Waals surface area (Å²) in [4.78, 5) is 20.3. The van der Waals surface area contributed by atoms with Gasteiger partial charge < -0.3 is 10.1 Å². The molecule has 0 saturated heterocycles. The number of rotatable bonds is 7. The standard InChI is InChI=1S/C23H18ClF2N3O4S/c1-12(30)11-34(32,33)29-19-7-6-18(25)20(21(19)26)22(31)17-10-28-23-16(17)8-14(9-27-23)13-2-4-15(24)5-3-13/h2-10,12,29-30H,11H2,1H3,(H,27,28). The number of carbonyl (C=O) groups excluding carboxylic acids is 1. The van der Waals surface area contributed by atoms with Gasteiger partial charge in [0.15, 0.2) is 5.82 Å². The molecule has 0 amide bonds. The van der Waals surface area contributed by atoms with Crippen LogP contribution >= 0.6 is 11.6 Å². The predicted octanol–water partition coefficient (Wildman–Crippen LogP) is 4.52. The highest BCUT2D eigenvalue weighted by Crippen LogP contribution is 2.30. The van der Waals surface area contributed by atoms with Crippen molar-refractivity contribution in [1.29, 1.82) is 0 Å². The molecule has 1 unspecified atom stereocenters. The molecule has 0 aliphatic carbocycles. The molecule has 176 valence electrons. The smallest absolute Gasteiger partial charge is 0.235 e. The van der Waals surface area contributed by atoms with Crippen LogP contribution in [0.1, 0.15) is 22.8 Å². The first-order valence-electron chi connectivity index (χ1n) is 10.00. The Kier molecular flexibility index (Phi) is 6.39. The number of halogens is 3. The van der Waals surface area contributed by atoms with E-state index in [0.29, 0.717) is 21.6 Å². The summed E-state index contributed by atoms with van der Waals surface area (Å²) in [6, 6.07) is 10.2. The molecule has 0 aliphatic rings. The second kappa shape index (κ2) is 9.13. The lowest BCUT2D eigenvalue weighted by Gasteiger charge is -2.12. The Balaban J connectivity index is 1.76. The second-order valence-electron chi connectivity index (χ2n) is 7.67. The summed E-state index contributed by atoms with van der Waals surface area (Å²) in [6.45, 7) is 1.25. The van der Waals surface area contributed by atoms with Crippen molar-refractivity contribution in [3.8, 4) is 11.1 Å². The molecule has 0 spiro atoms. The van der Waals surface area contributed by atoms with Gasteiger partial charge in [-0.1, -0.05) is 23.7 Å². The van der Waals surface area contributed by atoms with Gasteiger partial charge in [0, 0.05) is 33.9 Å². The van der Waals surface area contributed by atoms with E-state index in [1.807, 2.05) is 4.72 Å². The summed E-state index contributed by atoms with van der Waals surface area (Å²) >= 11 is 5.93. The van der Waals surface area contributed by atoms with Gasteiger partial charge in [0.25, 0.3) is 0 Å². The Bertz CT molecular complexity index is 1500. The van der Waals surface area contributed by atoms with Crippen LogP contribution in [0.3, 0.4) is 0 Å². The topological polar surface area (TPSA) is 112 Å². The van der Waals surface area contributed by atoms with E-state index >= 15 is 4.39 Å². The number of pyridine rings is 1. The number of fused-ring (bicyclic) bond motifs is 1. The minimum atomic E-state index is -4.14. The van der Waals surface area contributed by atoms with Crippen LogP contribution in [-0.2, 0) is 10.0 Å². The number of aromatic nitrogens is 2. The molecule has 0 saturated carbocycles. The Morgan fingerprint density at radius 1 is 1.18 bits per heavy atom. The number of nitrogens with zero attached hydrogens (tertiary/aromatic N) is 1. The van der Waals surface area contributed by atoms with Crippen molar-refractivity contribution in [1.82, 2.24) is 9.97 Å². The minimum Gasteiger partial charge on any atom is -0.392 e. The van der Waals surface area contributed by atoms with Gasteiger partial charge in [0.1, 0.15) is 11.5 Å². The molecule has 0 fully saturated rings. The number of aromatic amines is 1. The van der Waals surface area contributed by atoms with Gasteiger partial charge in [-0.2, -0.15) is 0 Å². The van der Waals surface area contributed by atoms with Crippen LogP contribution in [0.25, 0.3) is 22.2 Å². The van der Waals surface area contributed by atoms with Crippen LogP contribution in [0, 0.1) is 11.6 Å². The molecule has 1 atom stereocenters. The molecule has 3 N–H and O–H groups in total. The summed E-state index contributed by atoms with van der Waals surface area (Å²) in [7, 11) is -4.14. The zero-order valence-electron chi connectivity index (χ0n) is 17.6. The molecular weight excluding hydrogens is 488 g/mol. The Labute approximate surface area is 198 Å². The van der Waals surface area contributed by atoms with Crippen LogP contribution in [-0.4, -0.2) is 41.1 Å². The maximum atomic E-state index is 15.1. The number of anilines is 1. The van der Waals surface area contributed by atoms with Crippen LogP contribution in [0.2, 0.25) is 5.02 Å². The number of nitrogens with one attached hydrogen (secondary N) is 2. The highest BCUT2D eigenvalue weighted by Gasteiger charge is 2.26. The number of carbonyl (C=O) groups is 1. The number of sulfonamides is 1. The molecule has 4 aromatic rings. The van der Waals surface area contributed by atoms with E-state index in [1.54, 1.807) is 36.5 Å². The number of ketones is 1. The van der Waals surface area contributed by atoms with Crippen molar-refractivity contribution in [3.05, 3.63) is 82.6 Å². The predicted molar refractivity (Wildman–Crippen MR) is 125 cm³/mol. The third kappa shape index (κ3) is 4.79. The average Bonchev–Trinajstić information content (AvgIpc) is 3.18. The lowest BCUT2D eigenvalue weighted by atomic mass is 10.00. The van der Waals surface area contributed by atoms with Gasteiger partial charge in [-0.25, -0.2) is 22.2 Å². The highest BCUT2D eigenvalue weighted by molar-refractivity contribution is 7.92. The number of aliphatic hydroxyl groups is 1. The second-order valence-corrected chi connectivity index (χ2v) is 9.88. The van der Waals surface area contributed by atoms with E-state index < -0.39 is 50.5 Å². The van der Waals surface area contributed by atoms with Crippen LogP contribution < -0.4 is 4.72 Å². The van der Waals surface area contributed by atoms with Crippen LogP contribution in [0.15, 0.2) is 54.9 Å². The molecule has 0 aliphatic heterocycles. The molecule has 2 heterocycles. The van der Waals surface area contributed by atoms with E-state index in [2.05, 4.69) is 9.97 Å². The molecular formula is C23H18ClF2N3O4S. The fraction of sp³-hybridized carbons (Fsp3) is 0.130. The van der Waals surface area contributed by atoms with E-state index in [4.69, 9.17) is 11.6 Å². The monoisotopic (exact) mass is 505 g/mol. The molecule has 2 aromatic heterocycles. The summed E-state index contributed by atoms with van der Waals surface area (Å²) < 4.78 is 55.8. The van der Waals surface area contributed by atoms with Gasteiger partial charge in [0.2, 0.25) is 15.8 Å². The summed E-state index contributed by atoms with van der Waals surface area (Å²) in [5, 5.41) is 10.2. The quantitative estimate of drug-likeness (QED) is 0.320. The minimum absolute atomic E-state index is 0.0416. The van der Waals surface area contributed by atoms with Gasteiger partial charge in [-0.3, -0.25) is 9.52 Å². The first kappa shape index (κ1) is 23.8. The van der Waals surface area contributed by atoms with Crippen molar-refractivity contribution in [2.45, 2.75) is 13.0 Å². The molecule has 2 aromatic carbocycles. The largest absolute Gasteiger partial charge is 0.392 e. The third-order valence-corrected chi connectivity index (χ3v) is 6.70. The molecule has 0 radical (unpaired) electrons. The molecule has 0 bridgehead atoms. The normalized spacial score (nSPS) is 12.6. The lowest BCUT2D eigenvalue weighted by molar-refractivity contribution is 0.103. The summed E-state index contributed by atoms with van der Waals surface area (Å²) in [6.07, 6.45) is 1.65. The Morgan fingerprint density at radius 3 is 2.56 bits per heavy atom. The maximum absolute atomic E-state index is 15.1. The molecule has 7 nitrogen and oxygen atoms in total. The van der Waals surface area contributed by atoms with Crippen molar-refractivity contribution in [2.24, 2.45) is 0 Å². The number of H-pyrrole nitrogens is 1. The van der Waals surface area contributed by atoms with Crippen molar-refractivity contribution in [3.63, 3.8) is 0 Å². The average molecular weight is 506 g/mol. The maximum Gasteiger partial charge on any atom is 0.235 e. The van der Waals surface area contributed by atoms with Crippen LogP contribution in [0.4, 0.5) is 14.5 Å². The zero-order chi connectivity index (χ0) is 24.6. The van der Waals surface area contributed by atoms with E-state index in [1.165, 1.54) is 13.1 Å². The number of hydrogen-bond donors (Lipinski definition) is 3. The van der Waals surface area contributed by atoms with Gasteiger partial charge in [-0.05, 0) is 42.8 Å². The molecule has 34 heavy (non-hydrogen) atoms. The zero-order valence-corrected chi connectivity index (χ0v) is 19.2.